The van der Waals surface area contributed by atoms with Crippen LogP contribution >= 0.6 is 0 Å². The maximum absolute atomic E-state index is 12.7. The zero-order valence-electron chi connectivity index (χ0n) is 13.8. The fourth-order valence-corrected chi connectivity index (χ4v) is 2.35. The van der Waals surface area contributed by atoms with Gasteiger partial charge >= 0.3 is 0 Å². The molecule has 0 aromatic carbocycles. The maximum atomic E-state index is 12.7. The molecule has 0 fully saturated rings. The second kappa shape index (κ2) is 7.63. The van der Waals surface area contributed by atoms with Crippen molar-refractivity contribution in [2.45, 2.75) is 72.4 Å². The van der Waals surface area contributed by atoms with Crippen LogP contribution in [0.25, 0.3) is 0 Å². The molecular formula is C17H30N2O. The lowest BCUT2D eigenvalue weighted by atomic mass is 9.90. The Kier molecular flexibility index (Phi) is 6.47. The minimum absolute atomic E-state index is 0.00226. The van der Waals surface area contributed by atoms with Gasteiger partial charge in [0.15, 0.2) is 0 Å². The highest BCUT2D eigenvalue weighted by Gasteiger charge is 2.19. The van der Waals surface area contributed by atoms with Crippen molar-refractivity contribution in [2.75, 3.05) is 6.54 Å². The molecule has 114 valence electrons. The second-order valence-electron chi connectivity index (χ2n) is 6.48. The molecular weight excluding hydrogens is 248 g/mol. The van der Waals surface area contributed by atoms with Gasteiger partial charge in [-0.1, -0.05) is 47.1 Å². The highest BCUT2D eigenvalue weighted by molar-refractivity contribution is 5.21. The Balaban J connectivity index is 3.11. The molecule has 0 aliphatic carbocycles. The largest absolute Gasteiger partial charge is 0.312 e. The normalized spacial score (nSPS) is 11.8. The number of pyridine rings is 1. The lowest BCUT2D eigenvalue weighted by Gasteiger charge is -2.25. The van der Waals surface area contributed by atoms with E-state index in [4.69, 9.17) is 0 Å². The van der Waals surface area contributed by atoms with Gasteiger partial charge in [0.25, 0.3) is 5.56 Å². The number of hydrogen-bond donors (Lipinski definition) is 1. The molecule has 20 heavy (non-hydrogen) atoms. The maximum Gasteiger partial charge on any atom is 0.255 e. The van der Waals surface area contributed by atoms with Crippen molar-refractivity contribution in [1.82, 2.24) is 9.88 Å². The van der Waals surface area contributed by atoms with E-state index in [-0.39, 0.29) is 11.0 Å². The van der Waals surface area contributed by atoms with E-state index in [0.29, 0.717) is 6.54 Å². The Morgan fingerprint density at radius 3 is 2.40 bits per heavy atom. The third-order valence-electron chi connectivity index (χ3n) is 3.50. The van der Waals surface area contributed by atoms with E-state index in [1.54, 1.807) is 0 Å². The summed E-state index contributed by atoms with van der Waals surface area (Å²) < 4.78 is 1.98. The average Bonchev–Trinajstić information content (AvgIpc) is 2.38. The Morgan fingerprint density at radius 1 is 1.15 bits per heavy atom. The summed E-state index contributed by atoms with van der Waals surface area (Å²) in [6.45, 7) is 13.2. The summed E-state index contributed by atoms with van der Waals surface area (Å²) in [6, 6.07) is 4.12. The Morgan fingerprint density at radius 2 is 1.85 bits per heavy atom. The first kappa shape index (κ1) is 17.0. The van der Waals surface area contributed by atoms with Crippen LogP contribution in [0.3, 0.4) is 0 Å². The van der Waals surface area contributed by atoms with Crippen LogP contribution in [-0.4, -0.2) is 11.1 Å². The molecule has 1 N–H and O–H groups in total. The fourth-order valence-electron chi connectivity index (χ4n) is 2.35. The Bertz CT molecular complexity index is 469. The first-order valence-corrected chi connectivity index (χ1v) is 7.85. The summed E-state index contributed by atoms with van der Waals surface area (Å²) in [4.78, 5) is 12.7. The molecule has 0 unspecified atom stereocenters. The standard InChI is InChI=1S/C17H30N2O/c1-6-8-12-19-15(17(3,4)5)10-9-14(16(19)20)13-18-11-7-2/h9-10,18H,6-8,11-13H2,1-5H3. The zero-order valence-corrected chi connectivity index (χ0v) is 13.8. The van der Waals surface area contributed by atoms with Crippen LogP contribution in [0.1, 0.15) is 65.1 Å². The Hall–Kier alpha value is -1.09. The molecule has 3 nitrogen and oxygen atoms in total. The van der Waals surface area contributed by atoms with Crippen LogP contribution < -0.4 is 10.9 Å². The van der Waals surface area contributed by atoms with Crippen LogP contribution in [0.15, 0.2) is 16.9 Å². The summed E-state index contributed by atoms with van der Waals surface area (Å²) in [6.07, 6.45) is 3.24. The third kappa shape index (κ3) is 4.48. The molecule has 0 amide bonds. The lowest BCUT2D eigenvalue weighted by molar-refractivity contribution is 0.485. The second-order valence-corrected chi connectivity index (χ2v) is 6.48. The summed E-state index contributed by atoms with van der Waals surface area (Å²) in [5, 5.41) is 3.32. The average molecular weight is 278 g/mol. The highest BCUT2D eigenvalue weighted by Crippen LogP contribution is 2.21. The molecule has 1 aromatic heterocycles. The Labute approximate surface area is 123 Å². The summed E-state index contributed by atoms with van der Waals surface area (Å²) in [5.74, 6) is 0. The van der Waals surface area contributed by atoms with E-state index in [2.05, 4.69) is 46.0 Å². The van der Waals surface area contributed by atoms with Crippen LogP contribution in [0.2, 0.25) is 0 Å². The molecule has 0 aliphatic heterocycles. The molecule has 0 saturated heterocycles. The van der Waals surface area contributed by atoms with Crippen molar-refractivity contribution < 1.29 is 0 Å². The monoisotopic (exact) mass is 278 g/mol. The fraction of sp³-hybridized carbons (Fsp3) is 0.706. The van der Waals surface area contributed by atoms with Gasteiger partial charge in [0, 0.05) is 29.8 Å². The van der Waals surface area contributed by atoms with E-state index < -0.39 is 0 Å². The minimum atomic E-state index is 0.00226. The molecule has 0 saturated carbocycles. The number of aromatic nitrogens is 1. The van der Waals surface area contributed by atoms with Crippen molar-refractivity contribution in [3.05, 3.63) is 33.7 Å². The first-order valence-electron chi connectivity index (χ1n) is 7.85. The highest BCUT2D eigenvalue weighted by atomic mass is 16.1. The summed E-state index contributed by atoms with van der Waals surface area (Å²) >= 11 is 0. The van der Waals surface area contributed by atoms with Crippen LogP contribution in [-0.2, 0) is 18.5 Å². The van der Waals surface area contributed by atoms with Crippen molar-refractivity contribution in [1.29, 1.82) is 0 Å². The number of rotatable bonds is 7. The number of nitrogens with one attached hydrogen (secondary N) is 1. The first-order chi connectivity index (χ1) is 9.41. The van der Waals surface area contributed by atoms with Crippen molar-refractivity contribution in [3.63, 3.8) is 0 Å². The molecule has 0 atom stereocenters. The number of unbranched alkanes of at least 4 members (excludes halogenated alkanes) is 1. The summed E-state index contributed by atoms with van der Waals surface area (Å²) in [7, 11) is 0. The molecule has 3 heteroatoms. The zero-order chi connectivity index (χ0) is 15.2. The minimum Gasteiger partial charge on any atom is -0.312 e. The van der Waals surface area contributed by atoms with Crippen molar-refractivity contribution >= 4 is 0 Å². The van der Waals surface area contributed by atoms with Gasteiger partial charge in [-0.05, 0) is 25.5 Å². The van der Waals surface area contributed by atoms with E-state index in [1.807, 2.05) is 10.6 Å². The summed E-state index contributed by atoms with van der Waals surface area (Å²) in [5.41, 5.74) is 2.19. The van der Waals surface area contributed by atoms with Crippen molar-refractivity contribution in [3.8, 4) is 0 Å². The van der Waals surface area contributed by atoms with Gasteiger partial charge in [0.05, 0.1) is 0 Å². The van der Waals surface area contributed by atoms with Gasteiger partial charge < -0.3 is 9.88 Å². The molecule has 0 bridgehead atoms. The quantitative estimate of drug-likeness (QED) is 0.775. The van der Waals surface area contributed by atoms with Gasteiger partial charge in [0.2, 0.25) is 0 Å². The molecule has 0 aliphatic rings. The molecule has 0 radical (unpaired) electrons. The van der Waals surface area contributed by atoms with Gasteiger partial charge in [-0.2, -0.15) is 0 Å². The van der Waals surface area contributed by atoms with E-state index in [0.717, 1.165) is 43.6 Å². The van der Waals surface area contributed by atoms with Gasteiger partial charge in [-0.15, -0.1) is 0 Å². The van der Waals surface area contributed by atoms with E-state index >= 15 is 0 Å². The van der Waals surface area contributed by atoms with E-state index in [1.165, 1.54) is 0 Å². The van der Waals surface area contributed by atoms with Gasteiger partial charge in [0.1, 0.15) is 0 Å². The van der Waals surface area contributed by atoms with E-state index in [9.17, 15) is 4.79 Å². The van der Waals surface area contributed by atoms with Gasteiger partial charge in [-0.3, -0.25) is 4.79 Å². The smallest absolute Gasteiger partial charge is 0.255 e. The molecule has 1 rings (SSSR count). The van der Waals surface area contributed by atoms with Crippen molar-refractivity contribution in [2.24, 2.45) is 0 Å². The number of nitrogens with zero attached hydrogens (tertiary/aromatic N) is 1. The van der Waals surface area contributed by atoms with Crippen LogP contribution in [0.5, 0.6) is 0 Å². The number of hydrogen-bond acceptors (Lipinski definition) is 2. The molecule has 1 aromatic rings. The predicted molar refractivity (Wildman–Crippen MR) is 86.3 cm³/mol. The van der Waals surface area contributed by atoms with Crippen LogP contribution in [0.4, 0.5) is 0 Å². The van der Waals surface area contributed by atoms with Crippen LogP contribution in [0, 0.1) is 0 Å². The lowest BCUT2D eigenvalue weighted by Crippen LogP contribution is -2.33. The molecule has 0 spiro atoms. The predicted octanol–water partition coefficient (Wildman–Crippen LogP) is 3.45. The third-order valence-corrected chi connectivity index (χ3v) is 3.50. The topological polar surface area (TPSA) is 34.0 Å². The SMILES string of the molecule is CCCCn1c(C(C)(C)C)ccc(CNCCC)c1=O. The van der Waals surface area contributed by atoms with Gasteiger partial charge in [-0.25, -0.2) is 0 Å². The molecule has 1 heterocycles.